The summed E-state index contributed by atoms with van der Waals surface area (Å²) in [6.45, 7) is 2.30. The van der Waals surface area contributed by atoms with Crippen LogP contribution in [0.4, 0.5) is 5.69 Å². The summed E-state index contributed by atoms with van der Waals surface area (Å²) >= 11 is 3.42. The molecular weight excluding hydrogens is 268 g/mol. The third-order valence-corrected chi connectivity index (χ3v) is 3.64. The molecule has 1 aromatic heterocycles. The van der Waals surface area contributed by atoms with E-state index in [9.17, 15) is 0 Å². The first kappa shape index (κ1) is 11.7. The van der Waals surface area contributed by atoms with E-state index in [1.807, 2.05) is 6.07 Å². The van der Waals surface area contributed by atoms with E-state index >= 15 is 0 Å². The highest BCUT2D eigenvalue weighted by molar-refractivity contribution is 9.10. The summed E-state index contributed by atoms with van der Waals surface area (Å²) in [6.07, 6.45) is 6.68. The van der Waals surface area contributed by atoms with Gasteiger partial charge in [0.1, 0.15) is 6.10 Å². The molecule has 1 fully saturated rings. The first-order valence-corrected chi connectivity index (χ1v) is 6.52. The summed E-state index contributed by atoms with van der Waals surface area (Å²) in [6, 6.07) is 1.83. The molecule has 1 aliphatic carbocycles. The molecule has 2 N–H and O–H groups in total. The second-order valence-electron chi connectivity index (χ2n) is 4.56. The Labute approximate surface area is 105 Å². The van der Waals surface area contributed by atoms with Gasteiger partial charge in [-0.15, -0.1) is 0 Å². The smallest absolute Gasteiger partial charge is 0.228 e. The van der Waals surface area contributed by atoms with E-state index in [4.69, 9.17) is 10.5 Å². The molecule has 1 aromatic rings. The van der Waals surface area contributed by atoms with Crippen LogP contribution in [0.25, 0.3) is 0 Å². The lowest BCUT2D eigenvalue weighted by molar-refractivity contribution is 0.129. The topological polar surface area (TPSA) is 48.1 Å². The monoisotopic (exact) mass is 284 g/mol. The summed E-state index contributed by atoms with van der Waals surface area (Å²) in [4.78, 5) is 4.20. The second-order valence-corrected chi connectivity index (χ2v) is 5.41. The van der Waals surface area contributed by atoms with Crippen LogP contribution in [0.1, 0.15) is 32.6 Å². The minimum atomic E-state index is 0.309. The fourth-order valence-corrected chi connectivity index (χ4v) is 2.49. The Balaban J connectivity index is 1.98. The van der Waals surface area contributed by atoms with Gasteiger partial charge in [-0.05, 0) is 53.6 Å². The molecule has 0 atom stereocenters. The highest BCUT2D eigenvalue weighted by Crippen LogP contribution is 2.30. The molecule has 1 aliphatic rings. The van der Waals surface area contributed by atoms with Crippen molar-refractivity contribution in [1.82, 2.24) is 4.98 Å². The predicted molar refractivity (Wildman–Crippen MR) is 68.4 cm³/mol. The normalized spacial score (nSPS) is 25.4. The maximum Gasteiger partial charge on any atom is 0.228 e. The second kappa shape index (κ2) is 5.04. The largest absolute Gasteiger partial charge is 0.474 e. The van der Waals surface area contributed by atoms with Gasteiger partial charge in [0.25, 0.3) is 0 Å². The lowest BCUT2D eigenvalue weighted by Crippen LogP contribution is -2.23. The number of nitrogen functional groups attached to an aromatic ring is 1. The molecule has 3 nitrogen and oxygen atoms in total. The van der Waals surface area contributed by atoms with Crippen molar-refractivity contribution in [2.75, 3.05) is 5.73 Å². The molecule has 0 spiro atoms. The van der Waals surface area contributed by atoms with Crippen LogP contribution >= 0.6 is 15.9 Å². The van der Waals surface area contributed by atoms with E-state index < -0.39 is 0 Å². The van der Waals surface area contributed by atoms with Crippen LogP contribution in [0.5, 0.6) is 5.88 Å². The molecule has 0 saturated heterocycles. The molecule has 1 heterocycles. The van der Waals surface area contributed by atoms with Gasteiger partial charge in [-0.25, -0.2) is 4.98 Å². The molecule has 0 aromatic carbocycles. The van der Waals surface area contributed by atoms with Crippen molar-refractivity contribution in [3.05, 3.63) is 16.7 Å². The lowest BCUT2D eigenvalue weighted by Gasteiger charge is -2.26. The Bertz CT molecular complexity index is 362. The Morgan fingerprint density at radius 3 is 2.69 bits per heavy atom. The van der Waals surface area contributed by atoms with Crippen LogP contribution in [0.15, 0.2) is 16.7 Å². The summed E-state index contributed by atoms with van der Waals surface area (Å²) < 4.78 is 6.71. The van der Waals surface area contributed by atoms with E-state index in [1.165, 1.54) is 12.8 Å². The van der Waals surface area contributed by atoms with Gasteiger partial charge in [-0.3, -0.25) is 0 Å². The van der Waals surface area contributed by atoms with Gasteiger partial charge in [0, 0.05) is 0 Å². The highest BCUT2D eigenvalue weighted by atomic mass is 79.9. The number of rotatable bonds is 2. The Kier molecular flexibility index (Phi) is 3.69. The Hall–Kier alpha value is -0.770. The van der Waals surface area contributed by atoms with E-state index in [2.05, 4.69) is 27.8 Å². The van der Waals surface area contributed by atoms with Gasteiger partial charge in [0.2, 0.25) is 5.88 Å². The van der Waals surface area contributed by atoms with Crippen molar-refractivity contribution in [3.8, 4) is 5.88 Å². The third-order valence-electron chi connectivity index (χ3n) is 3.07. The lowest BCUT2D eigenvalue weighted by atomic mass is 9.89. The quantitative estimate of drug-likeness (QED) is 0.906. The SMILES string of the molecule is CC1CCC(Oc2ncc(N)cc2Br)CC1. The zero-order chi connectivity index (χ0) is 11.5. The molecule has 2 rings (SSSR count). The Morgan fingerprint density at radius 2 is 2.06 bits per heavy atom. The van der Waals surface area contributed by atoms with Crippen LogP contribution in [0.2, 0.25) is 0 Å². The first-order valence-electron chi connectivity index (χ1n) is 5.73. The average molecular weight is 285 g/mol. The third kappa shape index (κ3) is 2.88. The zero-order valence-corrected chi connectivity index (χ0v) is 11.0. The number of ether oxygens (including phenoxy) is 1. The van der Waals surface area contributed by atoms with Crippen LogP contribution in [0, 0.1) is 5.92 Å². The van der Waals surface area contributed by atoms with Crippen LogP contribution in [-0.4, -0.2) is 11.1 Å². The fraction of sp³-hybridized carbons (Fsp3) is 0.583. The molecule has 1 saturated carbocycles. The highest BCUT2D eigenvalue weighted by Gasteiger charge is 2.20. The van der Waals surface area contributed by atoms with Gasteiger partial charge < -0.3 is 10.5 Å². The summed E-state index contributed by atoms with van der Waals surface area (Å²) in [5, 5.41) is 0. The number of hydrogen-bond donors (Lipinski definition) is 1. The van der Waals surface area contributed by atoms with Crippen molar-refractivity contribution in [2.24, 2.45) is 5.92 Å². The standard InChI is InChI=1S/C12H17BrN2O/c1-8-2-4-10(5-3-8)16-12-11(13)6-9(14)7-15-12/h6-8,10H,2-5,14H2,1H3. The van der Waals surface area contributed by atoms with Gasteiger partial charge >= 0.3 is 0 Å². The molecular formula is C12H17BrN2O. The number of pyridine rings is 1. The minimum absolute atomic E-state index is 0.309. The molecule has 4 heteroatoms. The molecule has 0 unspecified atom stereocenters. The van der Waals surface area contributed by atoms with Crippen molar-refractivity contribution >= 4 is 21.6 Å². The van der Waals surface area contributed by atoms with E-state index in [-0.39, 0.29) is 0 Å². The van der Waals surface area contributed by atoms with E-state index in [0.717, 1.165) is 23.2 Å². The van der Waals surface area contributed by atoms with Crippen LogP contribution < -0.4 is 10.5 Å². The van der Waals surface area contributed by atoms with Gasteiger partial charge in [-0.2, -0.15) is 0 Å². The zero-order valence-electron chi connectivity index (χ0n) is 9.45. The molecule has 16 heavy (non-hydrogen) atoms. The van der Waals surface area contributed by atoms with Crippen LogP contribution in [0.3, 0.4) is 0 Å². The van der Waals surface area contributed by atoms with Gasteiger partial charge in [0.05, 0.1) is 16.4 Å². The van der Waals surface area contributed by atoms with Gasteiger partial charge in [0.15, 0.2) is 0 Å². The number of nitrogens with zero attached hydrogens (tertiary/aromatic N) is 1. The van der Waals surface area contributed by atoms with Gasteiger partial charge in [-0.1, -0.05) is 6.92 Å². The van der Waals surface area contributed by atoms with Crippen molar-refractivity contribution in [1.29, 1.82) is 0 Å². The molecule has 0 radical (unpaired) electrons. The molecule has 88 valence electrons. The number of hydrogen-bond acceptors (Lipinski definition) is 3. The van der Waals surface area contributed by atoms with Crippen molar-refractivity contribution in [3.63, 3.8) is 0 Å². The molecule has 0 amide bonds. The summed E-state index contributed by atoms with van der Waals surface area (Å²) in [5.74, 6) is 1.50. The predicted octanol–water partition coefficient (Wildman–Crippen LogP) is 3.38. The number of nitrogens with two attached hydrogens (primary N) is 1. The van der Waals surface area contributed by atoms with E-state index in [0.29, 0.717) is 17.7 Å². The fourth-order valence-electron chi connectivity index (χ4n) is 2.03. The maximum atomic E-state index is 5.88. The summed E-state index contributed by atoms with van der Waals surface area (Å²) in [7, 11) is 0. The Morgan fingerprint density at radius 1 is 1.38 bits per heavy atom. The average Bonchev–Trinajstić information content (AvgIpc) is 2.25. The number of halogens is 1. The number of anilines is 1. The first-order chi connectivity index (χ1) is 7.65. The minimum Gasteiger partial charge on any atom is -0.474 e. The van der Waals surface area contributed by atoms with Crippen molar-refractivity contribution in [2.45, 2.75) is 38.7 Å². The number of aromatic nitrogens is 1. The molecule has 0 aliphatic heterocycles. The van der Waals surface area contributed by atoms with E-state index in [1.54, 1.807) is 6.20 Å². The maximum absolute atomic E-state index is 5.88. The molecule has 0 bridgehead atoms. The summed E-state index contributed by atoms with van der Waals surface area (Å²) in [5.41, 5.74) is 6.28. The van der Waals surface area contributed by atoms with Crippen LogP contribution in [-0.2, 0) is 0 Å². The van der Waals surface area contributed by atoms with Crippen molar-refractivity contribution < 1.29 is 4.74 Å².